The van der Waals surface area contributed by atoms with E-state index in [0.29, 0.717) is 0 Å². The first-order chi connectivity index (χ1) is 4.36. The standard InChI is InChI=1S/C6H13N3/c7-9-2-1-6-5(4-9)3-8-6/h5-6,8H,1-4,7H2. The number of hydrazine groups is 1. The van der Waals surface area contributed by atoms with Crippen LogP contribution >= 0.6 is 0 Å². The van der Waals surface area contributed by atoms with Crippen LogP contribution in [0.4, 0.5) is 0 Å². The monoisotopic (exact) mass is 127 g/mol. The predicted molar refractivity (Wildman–Crippen MR) is 35.7 cm³/mol. The molecule has 0 aliphatic carbocycles. The number of hydrogen-bond acceptors (Lipinski definition) is 3. The molecule has 0 amide bonds. The number of nitrogens with one attached hydrogen (secondary N) is 1. The first-order valence-corrected chi connectivity index (χ1v) is 3.59. The lowest BCUT2D eigenvalue weighted by atomic mass is 9.86. The van der Waals surface area contributed by atoms with Crippen molar-refractivity contribution in [2.45, 2.75) is 12.5 Å². The summed E-state index contributed by atoms with van der Waals surface area (Å²) in [6, 6.07) is 0.796. The molecule has 2 fully saturated rings. The Labute approximate surface area is 55.2 Å². The molecule has 3 N–H and O–H groups in total. The molecule has 2 rings (SSSR count). The molecular formula is C6H13N3. The van der Waals surface area contributed by atoms with E-state index in [9.17, 15) is 0 Å². The summed E-state index contributed by atoms with van der Waals surface area (Å²) in [4.78, 5) is 0. The average molecular weight is 127 g/mol. The van der Waals surface area contributed by atoms with Crippen LogP contribution in [0.5, 0.6) is 0 Å². The molecular weight excluding hydrogens is 114 g/mol. The zero-order valence-corrected chi connectivity index (χ0v) is 5.51. The molecule has 2 aliphatic heterocycles. The van der Waals surface area contributed by atoms with Gasteiger partial charge in [0.05, 0.1) is 0 Å². The smallest absolute Gasteiger partial charge is 0.0184 e. The molecule has 3 heteroatoms. The first-order valence-electron chi connectivity index (χ1n) is 3.59. The van der Waals surface area contributed by atoms with Crippen LogP contribution in [0.2, 0.25) is 0 Å². The Morgan fingerprint density at radius 2 is 2.44 bits per heavy atom. The van der Waals surface area contributed by atoms with Crippen LogP contribution < -0.4 is 11.2 Å². The lowest BCUT2D eigenvalue weighted by Gasteiger charge is -2.44. The Bertz CT molecular complexity index is 115. The molecule has 0 aromatic carbocycles. The van der Waals surface area contributed by atoms with E-state index in [0.717, 1.165) is 25.0 Å². The second kappa shape index (κ2) is 1.94. The van der Waals surface area contributed by atoms with Crippen molar-refractivity contribution in [3.8, 4) is 0 Å². The fraction of sp³-hybridized carbons (Fsp3) is 1.00. The number of rotatable bonds is 0. The van der Waals surface area contributed by atoms with Crippen LogP contribution in [0, 0.1) is 5.92 Å². The molecule has 0 radical (unpaired) electrons. The molecule has 3 nitrogen and oxygen atoms in total. The summed E-state index contributed by atoms with van der Waals surface area (Å²) in [5.41, 5.74) is 0. The van der Waals surface area contributed by atoms with Crippen LogP contribution in [-0.4, -0.2) is 30.7 Å². The normalized spacial score (nSPS) is 43.7. The SMILES string of the molecule is NN1CCC2NCC2C1. The van der Waals surface area contributed by atoms with Gasteiger partial charge in [-0.3, -0.25) is 5.84 Å². The lowest BCUT2D eigenvalue weighted by Crippen LogP contribution is -2.62. The van der Waals surface area contributed by atoms with Crippen molar-refractivity contribution < 1.29 is 0 Å². The van der Waals surface area contributed by atoms with Gasteiger partial charge in [-0.15, -0.1) is 0 Å². The van der Waals surface area contributed by atoms with E-state index < -0.39 is 0 Å². The molecule has 0 aromatic heterocycles. The minimum absolute atomic E-state index is 0.796. The van der Waals surface area contributed by atoms with Gasteiger partial charge >= 0.3 is 0 Å². The van der Waals surface area contributed by atoms with Crippen LogP contribution in [0.15, 0.2) is 0 Å². The Morgan fingerprint density at radius 3 is 2.89 bits per heavy atom. The van der Waals surface area contributed by atoms with Crippen molar-refractivity contribution in [3.63, 3.8) is 0 Å². The van der Waals surface area contributed by atoms with Gasteiger partial charge in [0.15, 0.2) is 0 Å². The highest BCUT2D eigenvalue weighted by molar-refractivity contribution is 4.92. The van der Waals surface area contributed by atoms with Gasteiger partial charge < -0.3 is 5.32 Å². The lowest BCUT2D eigenvalue weighted by molar-refractivity contribution is 0.0837. The summed E-state index contributed by atoms with van der Waals surface area (Å²) in [7, 11) is 0. The van der Waals surface area contributed by atoms with Gasteiger partial charge in [-0.05, 0) is 6.42 Å². The van der Waals surface area contributed by atoms with E-state index in [-0.39, 0.29) is 0 Å². The van der Waals surface area contributed by atoms with Crippen molar-refractivity contribution in [2.24, 2.45) is 11.8 Å². The quantitative estimate of drug-likeness (QED) is 0.417. The summed E-state index contributed by atoms with van der Waals surface area (Å²) in [6.07, 6.45) is 1.24. The highest BCUT2D eigenvalue weighted by Crippen LogP contribution is 2.20. The highest BCUT2D eigenvalue weighted by atomic mass is 15.4. The number of piperidine rings is 1. The maximum atomic E-state index is 5.63. The van der Waals surface area contributed by atoms with E-state index in [1.54, 1.807) is 0 Å². The topological polar surface area (TPSA) is 41.3 Å². The molecule has 2 unspecified atom stereocenters. The molecule has 0 spiro atoms. The van der Waals surface area contributed by atoms with Gasteiger partial charge in [-0.25, -0.2) is 5.01 Å². The Morgan fingerprint density at radius 1 is 1.56 bits per heavy atom. The fourth-order valence-electron chi connectivity index (χ4n) is 1.68. The predicted octanol–water partition coefficient (Wildman–Crippen LogP) is -0.846. The van der Waals surface area contributed by atoms with Gasteiger partial charge in [0.1, 0.15) is 0 Å². The van der Waals surface area contributed by atoms with Gasteiger partial charge in [-0.1, -0.05) is 0 Å². The molecule has 0 aromatic rings. The summed E-state index contributed by atoms with van der Waals surface area (Å²) in [6.45, 7) is 3.34. The van der Waals surface area contributed by atoms with E-state index in [1.165, 1.54) is 13.0 Å². The third-order valence-corrected chi connectivity index (χ3v) is 2.41. The fourth-order valence-corrected chi connectivity index (χ4v) is 1.68. The molecule has 2 aliphatic rings. The highest BCUT2D eigenvalue weighted by Gasteiger charge is 2.34. The van der Waals surface area contributed by atoms with Gasteiger partial charge in [0.25, 0.3) is 0 Å². The molecule has 9 heavy (non-hydrogen) atoms. The molecule has 2 atom stereocenters. The van der Waals surface area contributed by atoms with Gasteiger partial charge in [0, 0.05) is 31.6 Å². The zero-order chi connectivity index (χ0) is 6.27. The number of fused-ring (bicyclic) bond motifs is 1. The van der Waals surface area contributed by atoms with Gasteiger partial charge in [-0.2, -0.15) is 0 Å². The van der Waals surface area contributed by atoms with Crippen molar-refractivity contribution in [2.75, 3.05) is 19.6 Å². The van der Waals surface area contributed by atoms with Crippen molar-refractivity contribution in [1.82, 2.24) is 10.3 Å². The summed E-state index contributed by atoms with van der Waals surface area (Å²) in [5, 5.41) is 5.32. The van der Waals surface area contributed by atoms with E-state index in [4.69, 9.17) is 5.84 Å². The van der Waals surface area contributed by atoms with Crippen LogP contribution in [0.1, 0.15) is 6.42 Å². The molecule has 2 saturated heterocycles. The summed E-state index contributed by atoms with van der Waals surface area (Å²) in [5.74, 6) is 6.48. The van der Waals surface area contributed by atoms with E-state index >= 15 is 0 Å². The van der Waals surface area contributed by atoms with Crippen LogP contribution in [0.3, 0.4) is 0 Å². The maximum Gasteiger partial charge on any atom is 0.0184 e. The largest absolute Gasteiger partial charge is 0.313 e. The van der Waals surface area contributed by atoms with Crippen molar-refractivity contribution in [3.05, 3.63) is 0 Å². The zero-order valence-electron chi connectivity index (χ0n) is 5.51. The minimum atomic E-state index is 0.796. The first kappa shape index (κ1) is 5.65. The van der Waals surface area contributed by atoms with Crippen LogP contribution in [-0.2, 0) is 0 Å². The Hall–Kier alpha value is -0.120. The molecule has 2 heterocycles. The Kier molecular flexibility index (Phi) is 1.22. The maximum absolute atomic E-state index is 5.63. The van der Waals surface area contributed by atoms with Crippen molar-refractivity contribution >= 4 is 0 Å². The van der Waals surface area contributed by atoms with Crippen molar-refractivity contribution in [1.29, 1.82) is 0 Å². The average Bonchev–Trinajstić information content (AvgIpc) is 1.78. The number of hydrogen-bond donors (Lipinski definition) is 2. The molecule has 52 valence electrons. The molecule has 0 bridgehead atoms. The molecule has 0 saturated carbocycles. The number of nitrogens with two attached hydrogens (primary N) is 1. The van der Waals surface area contributed by atoms with Crippen LogP contribution in [0.25, 0.3) is 0 Å². The van der Waals surface area contributed by atoms with E-state index in [2.05, 4.69) is 5.32 Å². The van der Waals surface area contributed by atoms with E-state index in [1.807, 2.05) is 5.01 Å². The Balaban J connectivity index is 1.92. The summed E-state index contributed by atoms with van der Waals surface area (Å²) >= 11 is 0. The third-order valence-electron chi connectivity index (χ3n) is 2.41. The van der Waals surface area contributed by atoms with Gasteiger partial charge in [0.2, 0.25) is 0 Å². The summed E-state index contributed by atoms with van der Waals surface area (Å²) < 4.78 is 0. The second-order valence-corrected chi connectivity index (χ2v) is 3.06. The third kappa shape index (κ3) is 0.852. The number of nitrogens with zero attached hydrogens (tertiary/aromatic N) is 1. The second-order valence-electron chi connectivity index (χ2n) is 3.06. The minimum Gasteiger partial charge on any atom is -0.313 e.